The molecule has 0 unspecified atom stereocenters. The molecule has 0 fully saturated rings. The fourth-order valence-electron chi connectivity index (χ4n) is 2.37. The van der Waals surface area contributed by atoms with Crippen LogP contribution in [0, 0.1) is 17.0 Å². The van der Waals surface area contributed by atoms with E-state index in [1.165, 1.54) is 51.5 Å². The lowest BCUT2D eigenvalue weighted by Crippen LogP contribution is -2.15. The first-order chi connectivity index (χ1) is 12.4. The number of ether oxygens (including phenoxy) is 3. The van der Waals surface area contributed by atoms with Gasteiger partial charge in [-0.25, -0.2) is 4.79 Å². The van der Waals surface area contributed by atoms with Gasteiger partial charge in [-0.05, 0) is 31.2 Å². The number of nitro groups is 1. The molecule has 0 aliphatic carbocycles. The van der Waals surface area contributed by atoms with Crippen molar-refractivity contribution < 1.29 is 28.7 Å². The van der Waals surface area contributed by atoms with Crippen LogP contribution in [0.25, 0.3) is 0 Å². The molecule has 0 saturated heterocycles. The second-order valence-electron chi connectivity index (χ2n) is 5.30. The van der Waals surface area contributed by atoms with Crippen LogP contribution in [0.4, 0.5) is 5.69 Å². The van der Waals surface area contributed by atoms with Gasteiger partial charge in [0.15, 0.2) is 23.9 Å². The second-order valence-corrected chi connectivity index (χ2v) is 5.30. The molecule has 0 radical (unpaired) electrons. The number of nitro benzene ring substituents is 1. The van der Waals surface area contributed by atoms with Crippen molar-refractivity contribution in [3.63, 3.8) is 0 Å². The number of aryl methyl sites for hydroxylation is 1. The smallest absolute Gasteiger partial charge is 0.345 e. The number of carbonyl (C=O) groups is 2. The lowest BCUT2D eigenvalue weighted by atomic mass is 10.1. The number of esters is 1. The SMILES string of the molecule is COc1ccc(C(=O)COC(=O)c2cccc(C)c2[N+](=O)[O-])cc1OC. The van der Waals surface area contributed by atoms with E-state index in [0.29, 0.717) is 17.1 Å². The molecular weight excluding hydrogens is 342 g/mol. The third-order valence-electron chi connectivity index (χ3n) is 3.68. The molecule has 0 aliphatic rings. The average Bonchev–Trinajstić information content (AvgIpc) is 2.64. The number of carbonyl (C=O) groups excluding carboxylic acids is 2. The first kappa shape index (κ1) is 18.9. The van der Waals surface area contributed by atoms with Crippen molar-refractivity contribution >= 4 is 17.4 Å². The molecule has 0 heterocycles. The van der Waals surface area contributed by atoms with E-state index in [9.17, 15) is 19.7 Å². The fraction of sp³-hybridized carbons (Fsp3) is 0.222. The van der Waals surface area contributed by atoms with E-state index >= 15 is 0 Å². The summed E-state index contributed by atoms with van der Waals surface area (Å²) in [4.78, 5) is 34.9. The van der Waals surface area contributed by atoms with E-state index in [-0.39, 0.29) is 16.8 Å². The van der Waals surface area contributed by atoms with Crippen LogP contribution in [0.1, 0.15) is 26.3 Å². The van der Waals surface area contributed by atoms with Crippen LogP contribution in [0.2, 0.25) is 0 Å². The van der Waals surface area contributed by atoms with Crippen LogP contribution in [0.5, 0.6) is 11.5 Å². The maximum Gasteiger partial charge on any atom is 0.345 e. The summed E-state index contributed by atoms with van der Waals surface area (Å²) in [6.45, 7) is 0.961. The summed E-state index contributed by atoms with van der Waals surface area (Å²) < 4.78 is 15.2. The molecule has 26 heavy (non-hydrogen) atoms. The number of nitrogens with zero attached hydrogens (tertiary/aromatic N) is 1. The number of hydrogen-bond donors (Lipinski definition) is 0. The lowest BCUT2D eigenvalue weighted by molar-refractivity contribution is -0.385. The quantitative estimate of drug-likeness (QED) is 0.324. The summed E-state index contributed by atoms with van der Waals surface area (Å²) in [5.74, 6) is -0.598. The molecule has 0 bridgehead atoms. The fourth-order valence-corrected chi connectivity index (χ4v) is 2.37. The van der Waals surface area contributed by atoms with Crippen LogP contribution in [-0.2, 0) is 4.74 Å². The molecule has 0 spiro atoms. The Hall–Kier alpha value is -3.42. The van der Waals surface area contributed by atoms with E-state index in [0.717, 1.165) is 0 Å². The molecule has 136 valence electrons. The Bertz CT molecular complexity index is 861. The maximum atomic E-state index is 12.2. The monoisotopic (exact) mass is 359 g/mol. The van der Waals surface area contributed by atoms with Gasteiger partial charge < -0.3 is 14.2 Å². The minimum atomic E-state index is -0.936. The van der Waals surface area contributed by atoms with Crippen LogP contribution < -0.4 is 9.47 Å². The molecule has 2 aromatic carbocycles. The Labute approximate surface area is 149 Å². The molecule has 0 N–H and O–H groups in total. The van der Waals surface area contributed by atoms with Gasteiger partial charge in [0.25, 0.3) is 5.69 Å². The number of hydrogen-bond acceptors (Lipinski definition) is 7. The Morgan fingerprint density at radius 2 is 1.77 bits per heavy atom. The zero-order valence-electron chi connectivity index (χ0n) is 14.5. The summed E-state index contributed by atoms with van der Waals surface area (Å²) in [6.07, 6.45) is 0. The highest BCUT2D eigenvalue weighted by Crippen LogP contribution is 2.28. The normalized spacial score (nSPS) is 10.1. The summed E-state index contributed by atoms with van der Waals surface area (Å²) in [7, 11) is 2.90. The highest BCUT2D eigenvalue weighted by molar-refractivity contribution is 6.00. The van der Waals surface area contributed by atoms with Crippen molar-refractivity contribution in [2.24, 2.45) is 0 Å². The van der Waals surface area contributed by atoms with Gasteiger partial charge in [0.2, 0.25) is 0 Å². The zero-order valence-corrected chi connectivity index (χ0v) is 14.5. The lowest BCUT2D eigenvalue weighted by Gasteiger charge is -2.09. The topological polar surface area (TPSA) is 105 Å². The van der Waals surface area contributed by atoms with Gasteiger partial charge in [0.05, 0.1) is 19.1 Å². The van der Waals surface area contributed by atoms with Gasteiger partial charge in [0.1, 0.15) is 5.56 Å². The Morgan fingerprint density at radius 1 is 1.08 bits per heavy atom. The van der Waals surface area contributed by atoms with Gasteiger partial charge >= 0.3 is 5.97 Å². The van der Waals surface area contributed by atoms with Gasteiger partial charge in [-0.15, -0.1) is 0 Å². The van der Waals surface area contributed by atoms with Crippen molar-refractivity contribution in [3.05, 3.63) is 63.2 Å². The average molecular weight is 359 g/mol. The summed E-state index contributed by atoms with van der Waals surface area (Å²) in [6, 6.07) is 8.84. The van der Waals surface area contributed by atoms with E-state index in [1.807, 2.05) is 0 Å². The van der Waals surface area contributed by atoms with Crippen LogP contribution in [-0.4, -0.2) is 37.5 Å². The van der Waals surface area contributed by atoms with E-state index in [2.05, 4.69) is 0 Å². The van der Waals surface area contributed by atoms with Gasteiger partial charge in [-0.1, -0.05) is 12.1 Å². The third kappa shape index (κ3) is 3.97. The van der Waals surface area contributed by atoms with Crippen molar-refractivity contribution in [2.45, 2.75) is 6.92 Å². The van der Waals surface area contributed by atoms with Crippen molar-refractivity contribution in [3.8, 4) is 11.5 Å². The molecule has 0 amide bonds. The number of ketones is 1. The Kier molecular flexibility index (Phi) is 5.90. The Morgan fingerprint density at radius 3 is 2.38 bits per heavy atom. The summed E-state index contributed by atoms with van der Waals surface area (Å²) in [5, 5.41) is 11.1. The largest absolute Gasteiger partial charge is 0.493 e. The molecule has 0 saturated carbocycles. The standard InChI is InChI=1S/C18H17NO7/c1-11-5-4-6-13(17(11)19(22)23)18(21)26-10-14(20)12-7-8-15(24-2)16(9-12)25-3/h4-9H,10H2,1-3H3. The molecular formula is C18H17NO7. The van der Waals surface area contributed by atoms with E-state index < -0.39 is 23.3 Å². The zero-order chi connectivity index (χ0) is 19.3. The van der Waals surface area contributed by atoms with Gasteiger partial charge in [-0.3, -0.25) is 14.9 Å². The molecule has 2 aromatic rings. The van der Waals surface area contributed by atoms with Crippen LogP contribution in [0.3, 0.4) is 0 Å². The molecule has 0 aliphatic heterocycles. The molecule has 0 aromatic heterocycles. The first-order valence-corrected chi connectivity index (χ1v) is 7.55. The number of para-hydroxylation sites is 1. The van der Waals surface area contributed by atoms with Crippen molar-refractivity contribution in [1.29, 1.82) is 0 Å². The molecule has 8 heteroatoms. The predicted octanol–water partition coefficient (Wildman–Crippen LogP) is 2.96. The predicted molar refractivity (Wildman–Crippen MR) is 92.0 cm³/mol. The number of rotatable bonds is 7. The molecule has 0 atom stereocenters. The number of Topliss-reactive ketones (excluding diaryl/α,β-unsaturated/α-hetero) is 1. The first-order valence-electron chi connectivity index (χ1n) is 7.55. The van der Waals surface area contributed by atoms with Gasteiger partial charge in [0, 0.05) is 11.1 Å². The highest BCUT2D eigenvalue weighted by Gasteiger charge is 2.24. The number of methoxy groups -OCH3 is 2. The highest BCUT2D eigenvalue weighted by atomic mass is 16.6. The van der Waals surface area contributed by atoms with Crippen molar-refractivity contribution in [1.82, 2.24) is 0 Å². The number of benzene rings is 2. The molecule has 2 rings (SSSR count). The van der Waals surface area contributed by atoms with E-state index in [1.54, 1.807) is 6.07 Å². The van der Waals surface area contributed by atoms with Gasteiger partial charge in [-0.2, -0.15) is 0 Å². The minimum absolute atomic E-state index is 0.199. The van der Waals surface area contributed by atoms with Crippen LogP contribution in [0.15, 0.2) is 36.4 Å². The summed E-state index contributed by atoms with van der Waals surface area (Å²) in [5.41, 5.74) is 0.0519. The van der Waals surface area contributed by atoms with Crippen LogP contribution >= 0.6 is 0 Å². The minimum Gasteiger partial charge on any atom is -0.493 e. The maximum absolute atomic E-state index is 12.2. The Balaban J connectivity index is 2.14. The third-order valence-corrected chi connectivity index (χ3v) is 3.68. The van der Waals surface area contributed by atoms with Crippen molar-refractivity contribution in [2.75, 3.05) is 20.8 Å². The molecule has 8 nitrogen and oxygen atoms in total. The second kappa shape index (κ2) is 8.11. The van der Waals surface area contributed by atoms with E-state index in [4.69, 9.17) is 14.2 Å². The summed E-state index contributed by atoms with van der Waals surface area (Å²) >= 11 is 0.